The fourth-order valence-corrected chi connectivity index (χ4v) is 4.13. The quantitative estimate of drug-likeness (QED) is 0.836. The van der Waals surface area contributed by atoms with Gasteiger partial charge >= 0.3 is 0 Å². The number of hydrogen-bond donors (Lipinski definition) is 0. The highest BCUT2D eigenvalue weighted by atomic mass is 35.5. The highest BCUT2D eigenvalue weighted by Crippen LogP contribution is 2.51. The minimum absolute atomic E-state index is 0.00847. The normalized spacial score (nSPS) is 26.8. The molecule has 3 nitrogen and oxygen atoms in total. The van der Waals surface area contributed by atoms with Crippen molar-refractivity contribution in [2.24, 2.45) is 0 Å². The van der Waals surface area contributed by atoms with Crippen LogP contribution in [0, 0.1) is 0 Å². The molecule has 0 amide bonds. The molecule has 5 heteroatoms. The monoisotopic (exact) mass is 324 g/mol. The maximum Gasteiger partial charge on any atom is 0.260 e. The molecule has 2 unspecified atom stereocenters. The lowest BCUT2D eigenvalue weighted by Gasteiger charge is -2.46. The Labute approximate surface area is 133 Å². The Morgan fingerprint density at radius 1 is 1.48 bits per heavy atom. The third-order valence-corrected chi connectivity index (χ3v) is 4.93. The van der Waals surface area contributed by atoms with Crippen LogP contribution in [0.1, 0.15) is 31.7 Å². The molecule has 2 aliphatic heterocycles. The Balaban J connectivity index is 2.17. The Morgan fingerprint density at radius 3 is 2.90 bits per heavy atom. The van der Waals surface area contributed by atoms with Crippen molar-refractivity contribution >= 4 is 29.1 Å². The third-order valence-electron chi connectivity index (χ3n) is 3.97. The SMILES string of the molecule is CSCC12CC(C(C(C)=O)=C(C)O1)c1cc(Cl)ccc1O2. The van der Waals surface area contributed by atoms with Gasteiger partial charge in [0.05, 0.1) is 5.75 Å². The largest absolute Gasteiger partial charge is 0.456 e. The van der Waals surface area contributed by atoms with Crippen molar-refractivity contribution in [3.8, 4) is 5.75 Å². The van der Waals surface area contributed by atoms with Gasteiger partial charge in [0, 0.05) is 28.5 Å². The highest BCUT2D eigenvalue weighted by Gasteiger charge is 2.49. The van der Waals surface area contributed by atoms with Crippen molar-refractivity contribution in [3.05, 3.63) is 40.1 Å². The van der Waals surface area contributed by atoms with Gasteiger partial charge in [-0.05, 0) is 38.3 Å². The van der Waals surface area contributed by atoms with Crippen molar-refractivity contribution in [2.75, 3.05) is 12.0 Å². The van der Waals surface area contributed by atoms with E-state index in [0.717, 1.165) is 16.9 Å². The first-order valence-corrected chi connectivity index (χ1v) is 8.61. The molecule has 0 saturated heterocycles. The topological polar surface area (TPSA) is 35.5 Å². The van der Waals surface area contributed by atoms with Gasteiger partial charge in [-0.1, -0.05) is 11.6 Å². The Bertz CT molecular complexity index is 640. The molecule has 2 bridgehead atoms. The van der Waals surface area contributed by atoms with Crippen molar-refractivity contribution in [2.45, 2.75) is 32.0 Å². The summed E-state index contributed by atoms with van der Waals surface area (Å²) in [6, 6.07) is 5.56. The summed E-state index contributed by atoms with van der Waals surface area (Å²) in [6.45, 7) is 3.43. The summed E-state index contributed by atoms with van der Waals surface area (Å²) >= 11 is 7.79. The molecule has 21 heavy (non-hydrogen) atoms. The van der Waals surface area contributed by atoms with Gasteiger partial charge in [0.15, 0.2) is 5.78 Å². The lowest BCUT2D eigenvalue weighted by Crippen LogP contribution is -2.49. The van der Waals surface area contributed by atoms with Gasteiger partial charge in [-0.2, -0.15) is 11.8 Å². The molecule has 0 N–H and O–H groups in total. The van der Waals surface area contributed by atoms with Crippen LogP contribution in [-0.2, 0) is 9.53 Å². The number of ketones is 1. The van der Waals surface area contributed by atoms with Crippen LogP contribution in [0.25, 0.3) is 0 Å². The summed E-state index contributed by atoms with van der Waals surface area (Å²) < 4.78 is 12.2. The number of thioether (sulfide) groups is 1. The van der Waals surface area contributed by atoms with E-state index in [9.17, 15) is 4.79 Å². The summed E-state index contributed by atoms with van der Waals surface area (Å²) in [5.74, 6) is 1.49. The van der Waals surface area contributed by atoms with Crippen molar-refractivity contribution in [3.63, 3.8) is 0 Å². The van der Waals surface area contributed by atoms with E-state index in [0.29, 0.717) is 23.0 Å². The molecule has 0 fully saturated rings. The zero-order valence-electron chi connectivity index (χ0n) is 12.2. The molecule has 2 heterocycles. The van der Waals surface area contributed by atoms with E-state index in [-0.39, 0.29) is 11.7 Å². The number of benzene rings is 1. The second-order valence-corrected chi connectivity index (χ2v) is 6.82. The van der Waals surface area contributed by atoms with Gasteiger partial charge < -0.3 is 9.47 Å². The van der Waals surface area contributed by atoms with Crippen LogP contribution in [0.5, 0.6) is 5.75 Å². The zero-order chi connectivity index (χ0) is 15.2. The molecule has 112 valence electrons. The van der Waals surface area contributed by atoms with Crippen LogP contribution in [0.4, 0.5) is 0 Å². The standard InChI is InChI=1S/C16H17ClO3S/c1-9(18)15-10(2)19-16(8-21-3)7-13(15)12-6-11(17)4-5-14(12)20-16/h4-6,13H,7-8H2,1-3H3. The fourth-order valence-electron chi connectivity index (χ4n) is 3.28. The molecular weight excluding hydrogens is 308 g/mol. The number of fused-ring (bicyclic) bond motifs is 4. The molecule has 0 radical (unpaired) electrons. The Kier molecular flexibility index (Phi) is 3.70. The summed E-state index contributed by atoms with van der Waals surface area (Å²) in [5.41, 5.74) is 1.71. The van der Waals surface area contributed by atoms with Crippen LogP contribution < -0.4 is 4.74 Å². The molecule has 0 spiro atoms. The van der Waals surface area contributed by atoms with Gasteiger partial charge in [0.1, 0.15) is 11.5 Å². The molecule has 3 rings (SSSR count). The maximum absolute atomic E-state index is 12.0. The average Bonchev–Trinajstić information content (AvgIpc) is 2.39. The van der Waals surface area contributed by atoms with Crippen molar-refractivity contribution in [1.82, 2.24) is 0 Å². The predicted octanol–water partition coefficient (Wildman–Crippen LogP) is 4.16. The molecule has 2 atom stereocenters. The molecule has 0 aliphatic carbocycles. The maximum atomic E-state index is 12.0. The Hall–Kier alpha value is -1.13. The van der Waals surface area contributed by atoms with E-state index in [2.05, 4.69) is 0 Å². The highest BCUT2D eigenvalue weighted by molar-refractivity contribution is 7.98. The first-order valence-electron chi connectivity index (χ1n) is 6.84. The summed E-state index contributed by atoms with van der Waals surface area (Å²) in [6.07, 6.45) is 2.67. The molecule has 0 saturated carbocycles. The van der Waals surface area contributed by atoms with E-state index in [1.165, 1.54) is 0 Å². The fraction of sp³-hybridized carbons (Fsp3) is 0.438. The average molecular weight is 325 g/mol. The molecule has 2 aliphatic rings. The number of ether oxygens (including phenoxy) is 2. The Morgan fingerprint density at radius 2 is 2.24 bits per heavy atom. The number of hydrogen-bond acceptors (Lipinski definition) is 4. The van der Waals surface area contributed by atoms with Gasteiger partial charge in [0.25, 0.3) is 5.79 Å². The van der Waals surface area contributed by atoms with Crippen molar-refractivity contribution in [1.29, 1.82) is 0 Å². The summed E-state index contributed by atoms with van der Waals surface area (Å²) in [7, 11) is 0. The lowest BCUT2D eigenvalue weighted by atomic mass is 9.79. The smallest absolute Gasteiger partial charge is 0.260 e. The van der Waals surface area contributed by atoms with Crippen LogP contribution >= 0.6 is 23.4 Å². The molecular formula is C16H17ClO3S. The first kappa shape index (κ1) is 14.8. The van der Waals surface area contributed by atoms with E-state index in [1.807, 2.05) is 25.3 Å². The van der Waals surface area contributed by atoms with Crippen LogP contribution in [0.2, 0.25) is 5.02 Å². The second-order valence-electron chi connectivity index (χ2n) is 5.51. The lowest BCUT2D eigenvalue weighted by molar-refractivity contribution is -0.163. The van der Waals surface area contributed by atoms with E-state index in [1.54, 1.807) is 24.8 Å². The van der Waals surface area contributed by atoms with Gasteiger partial charge in [-0.15, -0.1) is 0 Å². The summed E-state index contributed by atoms with van der Waals surface area (Å²) in [4.78, 5) is 12.0. The third kappa shape index (κ3) is 2.44. The zero-order valence-corrected chi connectivity index (χ0v) is 13.8. The number of allylic oxidation sites excluding steroid dienone is 2. The second kappa shape index (κ2) is 5.25. The number of carbonyl (C=O) groups excluding carboxylic acids is 1. The number of Topliss-reactive ketones (excluding diaryl/α,β-unsaturated/α-hetero) is 1. The minimum atomic E-state index is -0.687. The summed E-state index contributed by atoms with van der Waals surface area (Å²) in [5, 5.41) is 0.654. The van der Waals surface area contributed by atoms with Crippen LogP contribution in [0.3, 0.4) is 0 Å². The number of carbonyl (C=O) groups is 1. The van der Waals surface area contributed by atoms with Gasteiger partial charge in [-0.25, -0.2) is 0 Å². The first-order chi connectivity index (χ1) is 9.96. The predicted molar refractivity (Wildman–Crippen MR) is 85.0 cm³/mol. The molecule has 1 aromatic carbocycles. The molecule has 1 aromatic rings. The van der Waals surface area contributed by atoms with E-state index < -0.39 is 5.79 Å². The van der Waals surface area contributed by atoms with Crippen molar-refractivity contribution < 1.29 is 14.3 Å². The molecule has 0 aromatic heterocycles. The van der Waals surface area contributed by atoms with Gasteiger partial charge in [-0.3, -0.25) is 4.79 Å². The number of rotatable bonds is 3. The number of halogens is 1. The van der Waals surface area contributed by atoms with E-state index >= 15 is 0 Å². The van der Waals surface area contributed by atoms with E-state index in [4.69, 9.17) is 21.1 Å². The minimum Gasteiger partial charge on any atom is -0.456 e. The van der Waals surface area contributed by atoms with Crippen LogP contribution in [0.15, 0.2) is 29.5 Å². The van der Waals surface area contributed by atoms with Gasteiger partial charge in [0.2, 0.25) is 0 Å². The van der Waals surface area contributed by atoms with Crippen LogP contribution in [-0.4, -0.2) is 23.6 Å².